The first-order chi connectivity index (χ1) is 20.5. The zero-order valence-corrected chi connectivity index (χ0v) is 23.4. The van der Waals surface area contributed by atoms with Crippen LogP contribution in [0.5, 0.6) is 11.5 Å². The highest BCUT2D eigenvalue weighted by molar-refractivity contribution is 8.18. The number of imide groups is 1. The van der Waals surface area contributed by atoms with E-state index in [4.69, 9.17) is 9.47 Å². The van der Waals surface area contributed by atoms with Crippen LogP contribution in [0.2, 0.25) is 0 Å². The number of benzene rings is 4. The lowest BCUT2D eigenvalue weighted by molar-refractivity contribution is -0.123. The maximum atomic E-state index is 13.5. The molecule has 7 rings (SSSR count). The summed E-state index contributed by atoms with van der Waals surface area (Å²) in [4.78, 5) is 41.3. The molecule has 5 aromatic rings. The quantitative estimate of drug-likeness (QED) is 0.227. The Labute approximate surface area is 245 Å². The van der Waals surface area contributed by atoms with Crippen molar-refractivity contribution < 1.29 is 23.9 Å². The van der Waals surface area contributed by atoms with E-state index in [0.717, 1.165) is 50.3 Å². The van der Waals surface area contributed by atoms with Gasteiger partial charge in [0.25, 0.3) is 11.1 Å². The summed E-state index contributed by atoms with van der Waals surface area (Å²) in [6.45, 7) is 2.34. The fourth-order valence-electron chi connectivity index (χ4n) is 5.53. The number of nitrogens with zero attached hydrogens (tertiary/aromatic N) is 2. The topological polar surface area (TPSA) is 89.9 Å². The van der Waals surface area contributed by atoms with Gasteiger partial charge in [0.2, 0.25) is 12.7 Å². The van der Waals surface area contributed by atoms with Gasteiger partial charge in [-0.15, -0.1) is 0 Å². The van der Waals surface area contributed by atoms with Crippen molar-refractivity contribution in [1.29, 1.82) is 0 Å². The van der Waals surface area contributed by atoms with Gasteiger partial charge in [-0.2, -0.15) is 0 Å². The van der Waals surface area contributed by atoms with Gasteiger partial charge in [-0.3, -0.25) is 19.3 Å². The van der Waals surface area contributed by atoms with E-state index in [0.29, 0.717) is 22.1 Å². The van der Waals surface area contributed by atoms with E-state index in [1.54, 1.807) is 24.3 Å². The second-order valence-corrected chi connectivity index (χ2v) is 11.1. The zero-order chi connectivity index (χ0) is 28.8. The maximum absolute atomic E-state index is 13.5. The molecule has 0 unspecified atom stereocenters. The molecule has 1 fully saturated rings. The normalized spacial score (nSPS) is 15.4. The van der Waals surface area contributed by atoms with E-state index in [1.165, 1.54) is 4.90 Å². The molecule has 0 bridgehead atoms. The van der Waals surface area contributed by atoms with Crippen LogP contribution >= 0.6 is 11.8 Å². The number of ether oxygens (including phenoxy) is 2. The van der Waals surface area contributed by atoms with Gasteiger partial charge in [-0.05, 0) is 59.3 Å². The van der Waals surface area contributed by atoms with Gasteiger partial charge in [0.05, 0.1) is 11.4 Å². The van der Waals surface area contributed by atoms with E-state index in [2.05, 4.69) is 5.32 Å². The number of thioether (sulfide) groups is 1. The molecule has 2 aliphatic rings. The zero-order valence-electron chi connectivity index (χ0n) is 22.6. The number of carbonyl (C=O) groups excluding carboxylic acids is 3. The first-order valence-corrected chi connectivity index (χ1v) is 14.3. The van der Waals surface area contributed by atoms with Gasteiger partial charge in [0, 0.05) is 33.9 Å². The number of rotatable bonds is 6. The van der Waals surface area contributed by atoms with Gasteiger partial charge < -0.3 is 19.4 Å². The second kappa shape index (κ2) is 10.4. The average molecular weight is 576 g/mol. The Hall–Kier alpha value is -5.02. The Morgan fingerprint density at radius 3 is 2.57 bits per heavy atom. The first kappa shape index (κ1) is 25.9. The molecular weight excluding hydrogens is 550 g/mol. The summed E-state index contributed by atoms with van der Waals surface area (Å²) in [5.74, 6) is 0.702. The van der Waals surface area contributed by atoms with Crippen LogP contribution in [0.25, 0.3) is 27.8 Å². The molecule has 9 heteroatoms. The number of hydrogen-bond donors (Lipinski definition) is 1. The van der Waals surface area contributed by atoms with Crippen molar-refractivity contribution in [2.75, 3.05) is 12.1 Å². The first-order valence-electron chi connectivity index (χ1n) is 13.5. The minimum Gasteiger partial charge on any atom is -0.454 e. The lowest BCUT2D eigenvalue weighted by atomic mass is 10.0. The molecule has 0 spiro atoms. The van der Waals surface area contributed by atoms with E-state index < -0.39 is 0 Å². The number of amides is 3. The van der Waals surface area contributed by atoms with Crippen molar-refractivity contribution >= 4 is 62.3 Å². The Bertz CT molecular complexity index is 1960. The van der Waals surface area contributed by atoms with Crippen LogP contribution in [0.15, 0.2) is 89.8 Å². The number of anilines is 1. The Balaban J connectivity index is 1.16. The predicted octanol–water partition coefficient (Wildman–Crippen LogP) is 6.71. The van der Waals surface area contributed by atoms with Crippen LogP contribution in [0.4, 0.5) is 10.5 Å². The molecule has 208 valence electrons. The number of hydrogen-bond acceptors (Lipinski definition) is 6. The van der Waals surface area contributed by atoms with Crippen molar-refractivity contribution in [2.24, 2.45) is 0 Å². The molecule has 0 radical (unpaired) electrons. The minimum atomic E-state index is -0.324. The standard InChI is InChI=1S/C33H25N3O5S/c1-20-26(16-30-32(38)36(33(39)42-30)17-22-9-6-8-21-7-2-3-10-24(21)22)25-11-4-5-12-27(25)35(20)18-31(37)34-23-13-14-28-29(15-23)41-19-40-28/h2-16H,17-19H2,1H3,(H,34,37)/b30-16-. The molecule has 3 heterocycles. The molecule has 1 saturated heterocycles. The molecule has 42 heavy (non-hydrogen) atoms. The maximum Gasteiger partial charge on any atom is 0.293 e. The van der Waals surface area contributed by atoms with Gasteiger partial charge in [0.15, 0.2) is 11.5 Å². The fourth-order valence-corrected chi connectivity index (χ4v) is 6.35. The van der Waals surface area contributed by atoms with Gasteiger partial charge in [0.1, 0.15) is 6.54 Å². The number of nitrogens with one attached hydrogen (secondary N) is 1. The highest BCUT2D eigenvalue weighted by Crippen LogP contribution is 2.37. The number of fused-ring (bicyclic) bond motifs is 3. The summed E-state index contributed by atoms with van der Waals surface area (Å²) >= 11 is 0.941. The third kappa shape index (κ3) is 4.57. The number of aromatic nitrogens is 1. The lowest BCUT2D eigenvalue weighted by Gasteiger charge is -2.14. The van der Waals surface area contributed by atoms with E-state index in [1.807, 2.05) is 78.2 Å². The van der Waals surface area contributed by atoms with E-state index in [9.17, 15) is 14.4 Å². The molecule has 1 aromatic heterocycles. The Morgan fingerprint density at radius 1 is 0.929 bits per heavy atom. The third-order valence-electron chi connectivity index (χ3n) is 7.60. The monoisotopic (exact) mass is 575 g/mol. The molecule has 4 aromatic carbocycles. The molecule has 0 aliphatic carbocycles. The average Bonchev–Trinajstić information content (AvgIpc) is 3.65. The molecular formula is C33H25N3O5S. The molecule has 8 nitrogen and oxygen atoms in total. The predicted molar refractivity (Wildman–Crippen MR) is 163 cm³/mol. The molecule has 3 amide bonds. The van der Waals surface area contributed by atoms with Crippen molar-refractivity contribution in [3.05, 3.63) is 107 Å². The molecule has 0 saturated carbocycles. The van der Waals surface area contributed by atoms with E-state index >= 15 is 0 Å². The summed E-state index contributed by atoms with van der Waals surface area (Å²) in [5.41, 5.74) is 4.00. The van der Waals surface area contributed by atoms with Crippen molar-refractivity contribution in [3.8, 4) is 11.5 Å². The van der Waals surface area contributed by atoms with Gasteiger partial charge in [-0.1, -0.05) is 60.7 Å². The van der Waals surface area contributed by atoms with Crippen LogP contribution in [-0.4, -0.2) is 33.3 Å². The fraction of sp³-hybridized carbons (Fsp3) is 0.121. The summed E-state index contributed by atoms with van der Waals surface area (Å²) < 4.78 is 12.7. The lowest BCUT2D eigenvalue weighted by Crippen LogP contribution is -2.27. The highest BCUT2D eigenvalue weighted by atomic mass is 32.2. The third-order valence-corrected chi connectivity index (χ3v) is 8.50. The van der Waals surface area contributed by atoms with Crippen LogP contribution in [0.3, 0.4) is 0 Å². The van der Waals surface area contributed by atoms with Crippen LogP contribution in [0, 0.1) is 6.92 Å². The second-order valence-electron chi connectivity index (χ2n) is 10.1. The molecule has 1 N–H and O–H groups in total. The van der Waals surface area contributed by atoms with Crippen molar-refractivity contribution in [3.63, 3.8) is 0 Å². The van der Waals surface area contributed by atoms with Gasteiger partial charge >= 0.3 is 0 Å². The summed E-state index contributed by atoms with van der Waals surface area (Å²) in [6, 6.07) is 26.8. The van der Waals surface area contributed by atoms with E-state index in [-0.39, 0.29) is 36.9 Å². The van der Waals surface area contributed by atoms with Crippen LogP contribution in [-0.2, 0) is 22.7 Å². The summed E-state index contributed by atoms with van der Waals surface area (Å²) in [6.07, 6.45) is 1.78. The smallest absolute Gasteiger partial charge is 0.293 e. The minimum absolute atomic E-state index is 0.0667. The van der Waals surface area contributed by atoms with Crippen molar-refractivity contribution in [1.82, 2.24) is 9.47 Å². The Morgan fingerprint density at radius 2 is 1.69 bits per heavy atom. The number of para-hydroxylation sites is 1. The van der Waals surface area contributed by atoms with Gasteiger partial charge in [-0.25, -0.2) is 0 Å². The molecule has 0 atom stereocenters. The van der Waals surface area contributed by atoms with Crippen LogP contribution < -0.4 is 14.8 Å². The largest absolute Gasteiger partial charge is 0.454 e. The van der Waals surface area contributed by atoms with Crippen LogP contribution in [0.1, 0.15) is 16.8 Å². The number of carbonyl (C=O) groups is 3. The Kier molecular flexibility index (Phi) is 6.43. The summed E-state index contributed by atoms with van der Waals surface area (Å²) in [7, 11) is 0. The SMILES string of the molecule is Cc1c(/C=C2\SC(=O)N(Cc3cccc4ccccc34)C2=O)c2ccccc2n1CC(=O)Nc1ccc2c(c1)OCO2. The molecule has 2 aliphatic heterocycles. The summed E-state index contributed by atoms with van der Waals surface area (Å²) in [5, 5.41) is 5.60. The highest BCUT2D eigenvalue weighted by Gasteiger charge is 2.35. The van der Waals surface area contributed by atoms with Crippen molar-refractivity contribution in [2.45, 2.75) is 20.0 Å².